The van der Waals surface area contributed by atoms with E-state index in [1.165, 1.54) is 24.6 Å². The van der Waals surface area contributed by atoms with Gasteiger partial charge in [0.15, 0.2) is 0 Å². The first-order chi connectivity index (χ1) is 7.45. The third-order valence-corrected chi connectivity index (χ3v) is 2.21. The SMILES string of the molecule is Cc1cc(OC/C=C/Cl)ccc1[B-](F)(F)F. The van der Waals surface area contributed by atoms with E-state index in [9.17, 15) is 12.9 Å². The third-order valence-electron chi connectivity index (χ3n) is 2.03. The fourth-order valence-electron chi connectivity index (χ4n) is 1.29. The zero-order chi connectivity index (χ0) is 12.2. The molecule has 0 amide bonds. The third kappa shape index (κ3) is 3.49. The quantitative estimate of drug-likeness (QED) is 0.745. The Morgan fingerprint density at radius 1 is 1.38 bits per heavy atom. The van der Waals surface area contributed by atoms with Crippen molar-refractivity contribution >= 4 is 24.0 Å². The van der Waals surface area contributed by atoms with Crippen LogP contribution in [0.25, 0.3) is 0 Å². The van der Waals surface area contributed by atoms with E-state index >= 15 is 0 Å². The lowest BCUT2D eigenvalue weighted by Crippen LogP contribution is -2.35. The molecule has 0 saturated carbocycles. The maximum absolute atomic E-state index is 12.5. The molecule has 0 atom stereocenters. The van der Waals surface area contributed by atoms with Crippen molar-refractivity contribution in [2.24, 2.45) is 0 Å². The summed E-state index contributed by atoms with van der Waals surface area (Å²) in [6.07, 6.45) is 1.55. The molecule has 0 radical (unpaired) electrons. The van der Waals surface area contributed by atoms with Gasteiger partial charge in [-0.15, -0.1) is 5.46 Å². The van der Waals surface area contributed by atoms with Crippen molar-refractivity contribution in [1.82, 2.24) is 0 Å². The lowest BCUT2D eigenvalue weighted by Gasteiger charge is -2.18. The van der Waals surface area contributed by atoms with Crippen molar-refractivity contribution in [2.75, 3.05) is 6.61 Å². The molecule has 0 bridgehead atoms. The molecule has 0 N–H and O–H groups in total. The molecule has 16 heavy (non-hydrogen) atoms. The van der Waals surface area contributed by atoms with E-state index in [0.29, 0.717) is 5.75 Å². The van der Waals surface area contributed by atoms with Crippen LogP contribution >= 0.6 is 11.6 Å². The minimum atomic E-state index is -4.95. The van der Waals surface area contributed by atoms with Crippen molar-refractivity contribution in [3.63, 3.8) is 0 Å². The van der Waals surface area contributed by atoms with Gasteiger partial charge in [-0.2, -0.15) is 0 Å². The highest BCUT2D eigenvalue weighted by Gasteiger charge is 2.27. The number of rotatable bonds is 4. The summed E-state index contributed by atoms with van der Waals surface area (Å²) in [6, 6.07) is 3.71. The highest BCUT2D eigenvalue weighted by Crippen LogP contribution is 2.17. The fourth-order valence-corrected chi connectivity index (χ4v) is 1.36. The summed E-state index contributed by atoms with van der Waals surface area (Å²) in [5.74, 6) is 0.399. The molecule has 6 heteroatoms. The van der Waals surface area contributed by atoms with Crippen LogP contribution in [0.2, 0.25) is 0 Å². The summed E-state index contributed by atoms with van der Waals surface area (Å²) < 4.78 is 42.6. The molecular formula is C10H10BClF3O-. The van der Waals surface area contributed by atoms with Gasteiger partial charge in [0.1, 0.15) is 12.4 Å². The van der Waals surface area contributed by atoms with Gasteiger partial charge in [0, 0.05) is 5.54 Å². The van der Waals surface area contributed by atoms with Crippen molar-refractivity contribution in [3.05, 3.63) is 35.4 Å². The van der Waals surface area contributed by atoms with Crippen molar-refractivity contribution < 1.29 is 17.7 Å². The van der Waals surface area contributed by atoms with Gasteiger partial charge in [-0.1, -0.05) is 23.2 Å². The average Bonchev–Trinajstić information content (AvgIpc) is 2.16. The van der Waals surface area contributed by atoms with E-state index in [0.717, 1.165) is 6.07 Å². The number of hydrogen-bond donors (Lipinski definition) is 0. The number of benzene rings is 1. The molecule has 1 aromatic rings. The summed E-state index contributed by atoms with van der Waals surface area (Å²) in [4.78, 5) is 0. The van der Waals surface area contributed by atoms with Crippen LogP contribution in [0.4, 0.5) is 12.9 Å². The Labute approximate surface area is 96.9 Å². The second-order valence-electron chi connectivity index (χ2n) is 3.27. The Balaban J connectivity index is 2.83. The molecular weight excluding hydrogens is 239 g/mol. The number of hydrogen-bond acceptors (Lipinski definition) is 1. The van der Waals surface area contributed by atoms with E-state index in [1.807, 2.05) is 0 Å². The zero-order valence-electron chi connectivity index (χ0n) is 8.59. The topological polar surface area (TPSA) is 9.23 Å². The lowest BCUT2D eigenvalue weighted by molar-refractivity contribution is 0.363. The largest absolute Gasteiger partial charge is 0.509 e. The van der Waals surface area contributed by atoms with Crippen molar-refractivity contribution in [2.45, 2.75) is 6.92 Å². The first-order valence-corrected chi connectivity index (χ1v) is 5.07. The van der Waals surface area contributed by atoms with E-state index < -0.39 is 12.4 Å². The Bertz CT molecular complexity index is 390. The standard InChI is InChI=1S/C10H10BClF3O/c1-8-7-9(16-6-2-5-12)3-4-10(8)11(13,14)15/h2-5,7H,6H2,1H3/q-1/b5-2+. The first-order valence-electron chi connectivity index (χ1n) is 4.63. The molecule has 0 unspecified atom stereocenters. The van der Waals surface area contributed by atoms with Crippen LogP contribution in [-0.4, -0.2) is 13.6 Å². The van der Waals surface area contributed by atoms with Crippen LogP contribution in [-0.2, 0) is 0 Å². The molecule has 0 spiro atoms. The van der Waals surface area contributed by atoms with E-state index in [1.54, 1.807) is 6.08 Å². The maximum atomic E-state index is 12.5. The van der Waals surface area contributed by atoms with Crippen LogP contribution in [0, 0.1) is 6.92 Å². The second-order valence-corrected chi connectivity index (χ2v) is 3.52. The predicted octanol–water partition coefficient (Wildman–Crippen LogP) is 3.18. The Kier molecular flexibility index (Phi) is 4.30. The van der Waals surface area contributed by atoms with Gasteiger partial charge in [0.05, 0.1) is 0 Å². The van der Waals surface area contributed by atoms with Gasteiger partial charge in [-0.3, -0.25) is 0 Å². The predicted molar refractivity (Wildman–Crippen MR) is 60.4 cm³/mol. The first kappa shape index (κ1) is 13.0. The number of ether oxygens (including phenoxy) is 1. The zero-order valence-corrected chi connectivity index (χ0v) is 9.35. The van der Waals surface area contributed by atoms with Crippen LogP contribution in [0.15, 0.2) is 29.8 Å². The molecule has 1 aromatic carbocycles. The van der Waals surface area contributed by atoms with E-state index in [4.69, 9.17) is 16.3 Å². The van der Waals surface area contributed by atoms with E-state index in [2.05, 4.69) is 0 Å². The number of aryl methyl sites for hydroxylation is 1. The van der Waals surface area contributed by atoms with Gasteiger partial charge in [0.2, 0.25) is 0 Å². The van der Waals surface area contributed by atoms with Gasteiger partial charge in [-0.25, -0.2) is 0 Å². The minimum absolute atomic E-state index is 0.167. The molecule has 0 aliphatic rings. The highest BCUT2D eigenvalue weighted by atomic mass is 35.5. The molecule has 88 valence electrons. The van der Waals surface area contributed by atoms with Gasteiger partial charge in [-0.05, 0) is 25.1 Å². The lowest BCUT2D eigenvalue weighted by atomic mass is 9.77. The summed E-state index contributed by atoms with van der Waals surface area (Å²) in [5.41, 5.74) is 0.875. The molecule has 0 heterocycles. The highest BCUT2D eigenvalue weighted by molar-refractivity contribution is 6.74. The maximum Gasteiger partial charge on any atom is 0.509 e. The molecule has 0 aromatic heterocycles. The monoisotopic (exact) mass is 249 g/mol. The average molecular weight is 249 g/mol. The van der Waals surface area contributed by atoms with Crippen molar-refractivity contribution in [1.29, 1.82) is 0 Å². The summed E-state index contributed by atoms with van der Waals surface area (Å²) in [5, 5.41) is 0. The van der Waals surface area contributed by atoms with Crippen molar-refractivity contribution in [3.8, 4) is 5.75 Å². The van der Waals surface area contributed by atoms with Gasteiger partial charge in [0.25, 0.3) is 0 Å². The molecule has 1 rings (SSSR count). The molecule has 0 saturated heterocycles. The number of halogens is 4. The minimum Gasteiger partial charge on any atom is -0.489 e. The van der Waals surface area contributed by atoms with Gasteiger partial charge >= 0.3 is 6.98 Å². The van der Waals surface area contributed by atoms with Crippen LogP contribution in [0.1, 0.15) is 5.56 Å². The summed E-state index contributed by atoms with van der Waals surface area (Å²) >= 11 is 5.28. The van der Waals surface area contributed by atoms with Crippen LogP contribution < -0.4 is 10.2 Å². The fraction of sp³-hybridized carbons (Fsp3) is 0.200. The summed E-state index contributed by atoms with van der Waals surface area (Å²) in [6.45, 7) is -3.31. The Hall–Kier alpha value is -1.10. The Morgan fingerprint density at radius 2 is 2.06 bits per heavy atom. The van der Waals surface area contributed by atoms with Crippen LogP contribution in [0.3, 0.4) is 0 Å². The second kappa shape index (κ2) is 5.30. The van der Waals surface area contributed by atoms with E-state index in [-0.39, 0.29) is 12.2 Å². The molecule has 0 fully saturated rings. The molecule has 1 nitrogen and oxygen atoms in total. The normalized spacial score (nSPS) is 12.1. The molecule has 0 aliphatic carbocycles. The van der Waals surface area contributed by atoms with Crippen LogP contribution in [0.5, 0.6) is 5.75 Å². The summed E-state index contributed by atoms with van der Waals surface area (Å²) in [7, 11) is 0. The molecule has 0 aliphatic heterocycles. The van der Waals surface area contributed by atoms with Gasteiger partial charge < -0.3 is 17.7 Å². The smallest absolute Gasteiger partial charge is 0.489 e. The Morgan fingerprint density at radius 3 is 2.56 bits per heavy atom.